The summed E-state index contributed by atoms with van der Waals surface area (Å²) in [6.45, 7) is 2.29. The predicted octanol–water partition coefficient (Wildman–Crippen LogP) is 4.12. The van der Waals surface area contributed by atoms with E-state index >= 15 is 0 Å². The topological polar surface area (TPSA) is 26.3 Å². The normalized spacial score (nSPS) is 44.6. The molecular formula is C20H24O2. The van der Waals surface area contributed by atoms with Crippen molar-refractivity contribution in [2.24, 2.45) is 22.7 Å². The van der Waals surface area contributed by atoms with Gasteiger partial charge in [0.1, 0.15) is 11.5 Å². The minimum absolute atomic E-state index is 0.00278. The molecule has 22 heavy (non-hydrogen) atoms. The zero-order valence-corrected chi connectivity index (χ0v) is 13.5. The molecule has 3 fully saturated rings. The highest BCUT2D eigenvalue weighted by Crippen LogP contribution is 2.80. The number of benzene rings is 1. The van der Waals surface area contributed by atoms with Gasteiger partial charge in [-0.1, -0.05) is 13.0 Å². The smallest absolute Gasteiger partial charge is 0.139 e. The van der Waals surface area contributed by atoms with Crippen LogP contribution in [0.1, 0.15) is 56.1 Å². The minimum Gasteiger partial charge on any atom is -0.497 e. The molecule has 0 aliphatic heterocycles. The lowest BCUT2D eigenvalue weighted by atomic mass is 9.52. The maximum atomic E-state index is 12.6. The number of carbonyl (C=O) groups excluding carboxylic acids is 1. The fourth-order valence-electron chi connectivity index (χ4n) is 6.66. The fraction of sp³-hybridized carbons (Fsp3) is 0.650. The molecule has 1 unspecified atom stereocenters. The number of fused-ring (bicyclic) bond motifs is 3. The van der Waals surface area contributed by atoms with Crippen LogP contribution in [0, 0.1) is 22.7 Å². The largest absolute Gasteiger partial charge is 0.497 e. The van der Waals surface area contributed by atoms with Crippen LogP contribution in [0.5, 0.6) is 5.75 Å². The van der Waals surface area contributed by atoms with Gasteiger partial charge in [-0.15, -0.1) is 0 Å². The maximum Gasteiger partial charge on any atom is 0.139 e. The molecule has 0 heterocycles. The summed E-state index contributed by atoms with van der Waals surface area (Å²) in [6, 6.07) is 6.66. The number of hydrogen-bond acceptors (Lipinski definition) is 2. The van der Waals surface area contributed by atoms with Gasteiger partial charge in [-0.2, -0.15) is 0 Å². The molecule has 0 N–H and O–H groups in total. The Morgan fingerprint density at radius 3 is 2.95 bits per heavy atom. The molecule has 0 amide bonds. The monoisotopic (exact) mass is 296 g/mol. The second-order valence-electron chi connectivity index (χ2n) is 8.26. The number of carbonyl (C=O) groups is 1. The zero-order valence-electron chi connectivity index (χ0n) is 13.5. The van der Waals surface area contributed by atoms with Crippen LogP contribution in [0.2, 0.25) is 0 Å². The molecule has 5 rings (SSSR count). The molecule has 2 heteroatoms. The van der Waals surface area contributed by atoms with E-state index in [1.165, 1.54) is 24.8 Å². The van der Waals surface area contributed by atoms with Crippen LogP contribution in [0.15, 0.2) is 18.2 Å². The van der Waals surface area contributed by atoms with E-state index in [1.54, 1.807) is 12.7 Å². The van der Waals surface area contributed by atoms with Crippen LogP contribution in [0.4, 0.5) is 0 Å². The van der Waals surface area contributed by atoms with Gasteiger partial charge in [0, 0.05) is 11.8 Å². The van der Waals surface area contributed by atoms with E-state index in [9.17, 15) is 4.79 Å². The van der Waals surface area contributed by atoms with Crippen molar-refractivity contribution in [3.8, 4) is 5.75 Å². The predicted molar refractivity (Wildman–Crippen MR) is 85.1 cm³/mol. The molecule has 3 saturated carbocycles. The Morgan fingerprint density at radius 1 is 1.27 bits per heavy atom. The van der Waals surface area contributed by atoms with Crippen LogP contribution in [-0.2, 0) is 11.2 Å². The third-order valence-electron chi connectivity index (χ3n) is 7.80. The summed E-state index contributed by atoms with van der Waals surface area (Å²) in [5.74, 6) is 3.68. The summed E-state index contributed by atoms with van der Waals surface area (Å²) in [7, 11) is 1.75. The number of methoxy groups -OCH3 is 1. The van der Waals surface area contributed by atoms with Gasteiger partial charge in [-0.25, -0.2) is 0 Å². The molecule has 116 valence electrons. The number of ether oxygens (including phenoxy) is 1. The van der Waals surface area contributed by atoms with Crippen LogP contribution < -0.4 is 4.74 Å². The highest BCUT2D eigenvalue weighted by molar-refractivity contribution is 5.90. The van der Waals surface area contributed by atoms with E-state index < -0.39 is 0 Å². The number of Topliss-reactive ketones (excluding diaryl/α,β-unsaturated/α-hetero) is 1. The van der Waals surface area contributed by atoms with Crippen LogP contribution in [0.3, 0.4) is 0 Å². The van der Waals surface area contributed by atoms with Crippen molar-refractivity contribution in [3.05, 3.63) is 29.3 Å². The van der Waals surface area contributed by atoms with Gasteiger partial charge in [-0.05, 0) is 78.5 Å². The Kier molecular flexibility index (Phi) is 2.37. The van der Waals surface area contributed by atoms with Crippen LogP contribution in [-0.4, -0.2) is 12.9 Å². The lowest BCUT2D eigenvalue weighted by Crippen LogP contribution is -2.46. The summed E-state index contributed by atoms with van der Waals surface area (Å²) < 4.78 is 5.40. The number of aryl methyl sites for hydroxylation is 1. The Balaban J connectivity index is 1.58. The molecule has 1 spiro atoms. The zero-order chi connectivity index (χ0) is 15.1. The van der Waals surface area contributed by atoms with Crippen molar-refractivity contribution in [3.63, 3.8) is 0 Å². The van der Waals surface area contributed by atoms with Crippen molar-refractivity contribution in [2.45, 2.75) is 51.4 Å². The quantitative estimate of drug-likeness (QED) is 0.779. The highest BCUT2D eigenvalue weighted by Gasteiger charge is 2.76. The molecule has 0 radical (unpaired) electrons. The lowest BCUT2D eigenvalue weighted by molar-refractivity contribution is -0.132. The summed E-state index contributed by atoms with van der Waals surface area (Å²) in [4.78, 5) is 12.6. The average molecular weight is 296 g/mol. The summed E-state index contributed by atoms with van der Waals surface area (Å²) in [5, 5.41) is 0. The van der Waals surface area contributed by atoms with Gasteiger partial charge in [0.25, 0.3) is 0 Å². The van der Waals surface area contributed by atoms with E-state index in [-0.39, 0.29) is 5.41 Å². The van der Waals surface area contributed by atoms with Crippen molar-refractivity contribution in [2.75, 3.05) is 7.11 Å². The Labute approximate surface area is 132 Å². The highest BCUT2D eigenvalue weighted by atomic mass is 16.5. The summed E-state index contributed by atoms with van der Waals surface area (Å²) in [6.07, 6.45) is 6.92. The first-order valence-corrected chi connectivity index (χ1v) is 8.80. The van der Waals surface area contributed by atoms with Gasteiger partial charge < -0.3 is 4.74 Å². The molecule has 4 aliphatic rings. The standard InChI is InChI=1S/C20H24O2/c1-19-8-7-16-15-5-4-14(22-2)9-12(15)3-6-17(16)20(19)11-13(20)10-18(19)21/h4-5,9,13,16-17H,3,6-8,10-11H2,1-2H3/t13?,16-,17-,19-,20+/m1/s1. The molecule has 4 aliphatic carbocycles. The van der Waals surface area contributed by atoms with Gasteiger partial charge in [0.05, 0.1) is 7.11 Å². The van der Waals surface area contributed by atoms with E-state index in [1.807, 2.05) is 0 Å². The SMILES string of the molecule is COc1ccc2c(c1)CC[C@@H]1[C@@H]2CC[C@]2(C)C(=O)CC3C[C@]312. The number of hydrogen-bond donors (Lipinski definition) is 0. The number of rotatable bonds is 1. The first-order chi connectivity index (χ1) is 10.6. The van der Waals surface area contributed by atoms with Crippen LogP contribution in [0.25, 0.3) is 0 Å². The molecular weight excluding hydrogens is 272 g/mol. The second-order valence-corrected chi connectivity index (χ2v) is 8.26. The first kappa shape index (κ1) is 13.2. The van der Waals surface area contributed by atoms with Crippen molar-refractivity contribution in [1.29, 1.82) is 0 Å². The van der Waals surface area contributed by atoms with Gasteiger partial charge >= 0.3 is 0 Å². The molecule has 1 aromatic rings. The molecule has 1 aromatic carbocycles. The van der Waals surface area contributed by atoms with E-state index in [4.69, 9.17) is 4.74 Å². The van der Waals surface area contributed by atoms with Gasteiger partial charge in [-0.3, -0.25) is 4.79 Å². The first-order valence-electron chi connectivity index (χ1n) is 8.80. The van der Waals surface area contributed by atoms with E-state index in [0.717, 1.165) is 30.9 Å². The summed E-state index contributed by atoms with van der Waals surface area (Å²) >= 11 is 0. The Hall–Kier alpha value is -1.31. The van der Waals surface area contributed by atoms with Crippen molar-refractivity contribution >= 4 is 5.78 Å². The molecule has 0 saturated heterocycles. The van der Waals surface area contributed by atoms with Gasteiger partial charge in [0.15, 0.2) is 0 Å². The third-order valence-corrected chi connectivity index (χ3v) is 7.80. The van der Waals surface area contributed by atoms with Crippen molar-refractivity contribution < 1.29 is 9.53 Å². The fourth-order valence-corrected chi connectivity index (χ4v) is 6.66. The van der Waals surface area contributed by atoms with Crippen molar-refractivity contribution in [1.82, 2.24) is 0 Å². The lowest BCUT2D eigenvalue weighted by Gasteiger charge is -2.50. The summed E-state index contributed by atoms with van der Waals surface area (Å²) in [5.41, 5.74) is 3.41. The molecule has 0 bridgehead atoms. The maximum absolute atomic E-state index is 12.6. The molecule has 5 atom stereocenters. The Morgan fingerprint density at radius 2 is 2.14 bits per heavy atom. The van der Waals surface area contributed by atoms with E-state index in [2.05, 4.69) is 25.1 Å². The van der Waals surface area contributed by atoms with Gasteiger partial charge in [0.2, 0.25) is 0 Å². The Bertz CT molecular complexity index is 678. The molecule has 2 nitrogen and oxygen atoms in total. The number of ketones is 1. The van der Waals surface area contributed by atoms with E-state index in [0.29, 0.717) is 23.0 Å². The molecule has 0 aromatic heterocycles. The van der Waals surface area contributed by atoms with Crippen LogP contribution >= 0.6 is 0 Å². The third kappa shape index (κ3) is 1.32. The average Bonchev–Trinajstić information content (AvgIpc) is 3.19. The second kappa shape index (κ2) is 3.96. The minimum atomic E-state index is 0.00278.